The van der Waals surface area contributed by atoms with Crippen LogP contribution in [0.5, 0.6) is 5.75 Å². The monoisotopic (exact) mass is 510 g/mol. The van der Waals surface area contributed by atoms with Crippen LogP contribution in [0, 0.1) is 0 Å². The highest BCUT2D eigenvalue weighted by Gasteiger charge is 2.31. The number of anilines is 1. The number of pyridine rings is 1. The average molecular weight is 511 g/mol. The summed E-state index contributed by atoms with van der Waals surface area (Å²) >= 11 is 0. The van der Waals surface area contributed by atoms with Crippen molar-refractivity contribution < 1.29 is 27.8 Å². The van der Waals surface area contributed by atoms with Gasteiger partial charge in [-0.1, -0.05) is 25.1 Å². The fourth-order valence-corrected chi connectivity index (χ4v) is 5.61. The highest BCUT2D eigenvalue weighted by Crippen LogP contribution is 2.38. The summed E-state index contributed by atoms with van der Waals surface area (Å²) in [4.78, 5) is 15.8. The Bertz CT molecular complexity index is 1310. The van der Waals surface area contributed by atoms with E-state index in [1.165, 1.54) is 23.7 Å². The maximum absolute atomic E-state index is 13.7. The standard InChI is InChI=1S/C27H30N2O6S/c1-3-23(30)17-29(36(32,33)26-9-4-5-14-28-26)24-15-21-7-6-8-22(21)16-25(24)35-18-19-10-12-20(13-11-19)27(31)34-2/h4-5,9-16,23,30H,3,6-8,17-18H2,1-2H3/t23-/m1/s1. The first kappa shape index (κ1) is 25.7. The maximum atomic E-state index is 13.7. The predicted octanol–water partition coefficient (Wildman–Crippen LogP) is 3.90. The van der Waals surface area contributed by atoms with E-state index >= 15 is 0 Å². The molecule has 0 aliphatic heterocycles. The molecule has 0 fully saturated rings. The Morgan fingerprint density at radius 1 is 1.11 bits per heavy atom. The SMILES string of the molecule is CC[C@@H](O)CN(c1cc2c(cc1OCc1ccc(C(=O)OC)cc1)CCC2)S(=O)(=O)c1ccccn1. The van der Waals surface area contributed by atoms with Crippen molar-refractivity contribution in [1.82, 2.24) is 4.98 Å². The summed E-state index contributed by atoms with van der Waals surface area (Å²) in [5.41, 5.74) is 3.82. The van der Waals surface area contributed by atoms with Crippen LogP contribution in [0.3, 0.4) is 0 Å². The molecular weight excluding hydrogens is 480 g/mol. The van der Waals surface area contributed by atoms with Crippen LogP contribution in [0.1, 0.15) is 46.8 Å². The van der Waals surface area contributed by atoms with Gasteiger partial charge in [-0.25, -0.2) is 9.78 Å². The van der Waals surface area contributed by atoms with E-state index in [1.807, 2.05) is 12.1 Å². The number of hydrogen-bond donors (Lipinski definition) is 1. The lowest BCUT2D eigenvalue weighted by molar-refractivity contribution is 0.0600. The molecule has 1 heterocycles. The van der Waals surface area contributed by atoms with Crippen LogP contribution in [0.2, 0.25) is 0 Å². The zero-order valence-corrected chi connectivity index (χ0v) is 21.2. The first-order valence-corrected chi connectivity index (χ1v) is 13.3. The van der Waals surface area contributed by atoms with Crippen LogP contribution in [0.4, 0.5) is 5.69 Å². The summed E-state index contributed by atoms with van der Waals surface area (Å²) in [5, 5.41) is 10.4. The van der Waals surface area contributed by atoms with E-state index in [2.05, 4.69) is 4.98 Å². The second-order valence-electron chi connectivity index (χ2n) is 8.69. The lowest BCUT2D eigenvalue weighted by Gasteiger charge is -2.28. The van der Waals surface area contributed by atoms with Gasteiger partial charge in [0.15, 0.2) is 5.03 Å². The van der Waals surface area contributed by atoms with Crippen molar-refractivity contribution in [2.75, 3.05) is 18.0 Å². The highest BCUT2D eigenvalue weighted by atomic mass is 32.2. The fourth-order valence-electron chi connectivity index (χ4n) is 4.17. The van der Waals surface area contributed by atoms with Gasteiger partial charge < -0.3 is 14.6 Å². The van der Waals surface area contributed by atoms with Crippen LogP contribution in [0.25, 0.3) is 0 Å². The molecular formula is C27H30N2O6S. The first-order valence-electron chi connectivity index (χ1n) is 11.9. The molecule has 8 nitrogen and oxygen atoms in total. The molecule has 1 aromatic heterocycles. The normalized spacial score (nSPS) is 13.6. The molecule has 36 heavy (non-hydrogen) atoms. The van der Waals surface area contributed by atoms with Crippen molar-refractivity contribution in [3.63, 3.8) is 0 Å². The van der Waals surface area contributed by atoms with Crippen LogP contribution in [-0.4, -0.2) is 44.2 Å². The predicted molar refractivity (Wildman–Crippen MR) is 136 cm³/mol. The molecule has 9 heteroatoms. The van der Waals surface area contributed by atoms with Gasteiger partial charge >= 0.3 is 5.97 Å². The third kappa shape index (κ3) is 5.52. The number of aliphatic hydroxyl groups excluding tert-OH is 1. The number of benzene rings is 2. The Balaban J connectivity index is 1.72. The zero-order valence-electron chi connectivity index (χ0n) is 20.4. The molecule has 0 spiro atoms. The van der Waals surface area contributed by atoms with Crippen molar-refractivity contribution in [3.8, 4) is 5.75 Å². The smallest absolute Gasteiger partial charge is 0.337 e. The largest absolute Gasteiger partial charge is 0.487 e. The molecule has 4 rings (SSSR count). The molecule has 3 aromatic rings. The van der Waals surface area contributed by atoms with Crippen molar-refractivity contribution in [2.24, 2.45) is 0 Å². The quantitative estimate of drug-likeness (QED) is 0.412. The maximum Gasteiger partial charge on any atom is 0.337 e. The summed E-state index contributed by atoms with van der Waals surface area (Å²) in [6, 6.07) is 15.3. The van der Waals surface area contributed by atoms with Crippen LogP contribution >= 0.6 is 0 Å². The van der Waals surface area contributed by atoms with Crippen LogP contribution in [-0.2, 0) is 34.2 Å². The van der Waals surface area contributed by atoms with Crippen LogP contribution in [0.15, 0.2) is 65.8 Å². The number of rotatable bonds is 10. The summed E-state index contributed by atoms with van der Waals surface area (Å²) in [7, 11) is -2.74. The molecule has 1 atom stereocenters. The fraction of sp³-hybridized carbons (Fsp3) is 0.333. The minimum absolute atomic E-state index is 0.0989. The van der Waals surface area contributed by atoms with Crippen molar-refractivity contribution in [3.05, 3.63) is 83.0 Å². The Morgan fingerprint density at radius 3 is 2.47 bits per heavy atom. The molecule has 1 N–H and O–H groups in total. The summed E-state index contributed by atoms with van der Waals surface area (Å²) in [6.07, 6.45) is 3.69. The van der Waals surface area contributed by atoms with E-state index in [0.29, 0.717) is 23.4 Å². The van der Waals surface area contributed by atoms with Crippen molar-refractivity contribution >= 4 is 21.7 Å². The van der Waals surface area contributed by atoms with Crippen LogP contribution < -0.4 is 9.04 Å². The van der Waals surface area contributed by atoms with Gasteiger partial charge in [0.1, 0.15) is 12.4 Å². The number of esters is 1. The van der Waals surface area contributed by atoms with E-state index < -0.39 is 22.1 Å². The Hall–Kier alpha value is -3.43. The van der Waals surface area contributed by atoms with Gasteiger partial charge in [0.05, 0.1) is 31.0 Å². The summed E-state index contributed by atoms with van der Waals surface area (Å²) in [6.45, 7) is 1.84. The van der Waals surface area contributed by atoms with Gasteiger partial charge in [0.2, 0.25) is 0 Å². The number of nitrogens with zero attached hydrogens (tertiary/aromatic N) is 2. The van der Waals surface area contributed by atoms with Gasteiger partial charge in [-0.05, 0) is 78.8 Å². The third-order valence-electron chi connectivity index (χ3n) is 6.25. The number of carbonyl (C=O) groups excluding carboxylic acids is 1. The molecule has 2 aromatic carbocycles. The molecule has 0 unspecified atom stereocenters. The number of aliphatic hydroxyl groups is 1. The number of fused-ring (bicyclic) bond motifs is 1. The Labute approximate surface area is 211 Å². The Kier molecular flexibility index (Phi) is 7.91. The Morgan fingerprint density at radius 2 is 1.83 bits per heavy atom. The molecule has 1 aliphatic rings. The number of methoxy groups -OCH3 is 1. The summed E-state index contributed by atoms with van der Waals surface area (Å²) < 4.78 is 39.5. The number of aromatic nitrogens is 1. The molecule has 0 saturated carbocycles. The van der Waals surface area contributed by atoms with Crippen molar-refractivity contribution in [1.29, 1.82) is 0 Å². The lowest BCUT2D eigenvalue weighted by Crippen LogP contribution is -2.38. The van der Waals surface area contributed by atoms with Gasteiger partial charge in [-0.3, -0.25) is 4.31 Å². The topological polar surface area (TPSA) is 106 Å². The minimum Gasteiger partial charge on any atom is -0.487 e. The molecule has 0 radical (unpaired) electrons. The van der Waals surface area contributed by atoms with E-state index in [0.717, 1.165) is 36.0 Å². The van der Waals surface area contributed by atoms with Gasteiger partial charge in [0, 0.05) is 6.20 Å². The second-order valence-corrected chi connectivity index (χ2v) is 10.5. The van der Waals surface area contributed by atoms with E-state index in [-0.39, 0.29) is 18.2 Å². The number of carbonyl (C=O) groups is 1. The molecule has 0 amide bonds. The van der Waals surface area contributed by atoms with Gasteiger partial charge in [-0.15, -0.1) is 0 Å². The third-order valence-corrected chi connectivity index (χ3v) is 7.95. The van der Waals surface area contributed by atoms with Crippen molar-refractivity contribution in [2.45, 2.75) is 50.3 Å². The molecule has 1 aliphatic carbocycles. The number of hydrogen-bond acceptors (Lipinski definition) is 7. The molecule has 190 valence electrons. The minimum atomic E-state index is -4.07. The molecule has 0 saturated heterocycles. The van der Waals surface area contributed by atoms with E-state index in [4.69, 9.17) is 9.47 Å². The summed E-state index contributed by atoms with van der Waals surface area (Å²) in [5.74, 6) is -0.0104. The lowest BCUT2D eigenvalue weighted by atomic mass is 10.1. The number of aryl methyl sites for hydroxylation is 2. The van der Waals surface area contributed by atoms with E-state index in [1.54, 1.807) is 43.3 Å². The van der Waals surface area contributed by atoms with Gasteiger partial charge in [0.25, 0.3) is 10.0 Å². The second kappa shape index (κ2) is 11.1. The molecule has 0 bridgehead atoms. The highest BCUT2D eigenvalue weighted by molar-refractivity contribution is 7.92. The van der Waals surface area contributed by atoms with Gasteiger partial charge in [-0.2, -0.15) is 8.42 Å². The number of sulfonamides is 1. The zero-order chi connectivity index (χ0) is 25.7. The van der Waals surface area contributed by atoms with E-state index in [9.17, 15) is 18.3 Å². The first-order chi connectivity index (χ1) is 17.3. The number of ether oxygens (including phenoxy) is 2. The average Bonchev–Trinajstić information content (AvgIpc) is 3.37.